The summed E-state index contributed by atoms with van der Waals surface area (Å²) < 4.78 is 1.97. The molecule has 0 amide bonds. The number of hydrogen-bond donors (Lipinski definition) is 1. The Morgan fingerprint density at radius 3 is 3.19 bits per heavy atom. The van der Waals surface area contributed by atoms with Crippen molar-refractivity contribution in [1.82, 2.24) is 14.8 Å². The second-order valence-corrected chi connectivity index (χ2v) is 6.06. The van der Waals surface area contributed by atoms with Crippen molar-refractivity contribution in [2.45, 2.75) is 50.0 Å². The largest absolute Gasteiger partial charge is 0.393 e. The van der Waals surface area contributed by atoms with Gasteiger partial charge in [0.15, 0.2) is 5.82 Å². The summed E-state index contributed by atoms with van der Waals surface area (Å²) in [6, 6.07) is 0. The third kappa shape index (κ3) is 2.11. The third-order valence-corrected chi connectivity index (χ3v) is 4.72. The molecule has 3 rings (SSSR count). The average Bonchev–Trinajstić information content (AvgIpc) is 2.86. The van der Waals surface area contributed by atoms with E-state index >= 15 is 0 Å². The Morgan fingerprint density at radius 2 is 2.38 bits per heavy atom. The topological polar surface area (TPSA) is 50.9 Å². The van der Waals surface area contributed by atoms with E-state index in [4.69, 9.17) is 0 Å². The summed E-state index contributed by atoms with van der Waals surface area (Å²) in [5.74, 6) is 3.23. The summed E-state index contributed by atoms with van der Waals surface area (Å²) in [5.41, 5.74) is 0. The Morgan fingerprint density at radius 1 is 1.44 bits per heavy atom. The lowest BCUT2D eigenvalue weighted by Crippen LogP contribution is -2.23. The summed E-state index contributed by atoms with van der Waals surface area (Å²) in [5, 5.41) is 14.8. The zero-order valence-corrected chi connectivity index (χ0v) is 10.1. The van der Waals surface area contributed by atoms with Gasteiger partial charge in [-0.1, -0.05) is 0 Å². The second kappa shape index (κ2) is 4.37. The maximum Gasteiger partial charge on any atom is 0.152 e. The van der Waals surface area contributed by atoms with Crippen molar-refractivity contribution in [3.05, 3.63) is 11.6 Å². The first-order chi connectivity index (χ1) is 7.81. The van der Waals surface area contributed by atoms with Crippen LogP contribution in [0.15, 0.2) is 0 Å². The molecule has 2 unspecified atom stereocenters. The molecule has 1 aromatic rings. The van der Waals surface area contributed by atoms with Gasteiger partial charge in [-0.05, 0) is 25.0 Å². The molecule has 0 radical (unpaired) electrons. The van der Waals surface area contributed by atoms with E-state index in [2.05, 4.69) is 10.1 Å². The minimum absolute atomic E-state index is 0.217. The van der Waals surface area contributed by atoms with Crippen LogP contribution in [0.4, 0.5) is 0 Å². The van der Waals surface area contributed by atoms with Crippen LogP contribution in [0.3, 0.4) is 0 Å². The Labute approximate surface area is 99.4 Å². The standard InChI is InChI=1S/C11H17N3OS/c15-8-3-4-14-11(6-8)12-10(13-14)7-9-2-1-5-16-9/h8-9,15H,1-7H2. The number of aliphatic hydroxyl groups excluding tert-OH is 1. The molecular formula is C11H17N3OS. The fraction of sp³-hybridized carbons (Fsp3) is 0.818. The van der Waals surface area contributed by atoms with Crippen molar-refractivity contribution in [3.63, 3.8) is 0 Å². The Hall–Kier alpha value is -0.550. The van der Waals surface area contributed by atoms with Crippen LogP contribution in [0, 0.1) is 0 Å². The monoisotopic (exact) mass is 239 g/mol. The van der Waals surface area contributed by atoms with E-state index in [0.717, 1.165) is 36.3 Å². The minimum Gasteiger partial charge on any atom is -0.393 e. The Balaban J connectivity index is 1.71. The maximum absolute atomic E-state index is 9.56. The second-order valence-electron chi connectivity index (χ2n) is 4.65. The van der Waals surface area contributed by atoms with E-state index in [9.17, 15) is 5.11 Å². The van der Waals surface area contributed by atoms with Gasteiger partial charge in [0, 0.05) is 24.6 Å². The molecule has 1 N–H and O–H groups in total. The van der Waals surface area contributed by atoms with Gasteiger partial charge in [-0.2, -0.15) is 16.9 Å². The van der Waals surface area contributed by atoms with E-state index < -0.39 is 0 Å². The van der Waals surface area contributed by atoms with Crippen LogP contribution in [-0.2, 0) is 19.4 Å². The van der Waals surface area contributed by atoms with Crippen LogP contribution in [0.25, 0.3) is 0 Å². The van der Waals surface area contributed by atoms with Gasteiger partial charge in [0.1, 0.15) is 5.82 Å². The van der Waals surface area contributed by atoms with Crippen LogP contribution in [0.5, 0.6) is 0 Å². The van der Waals surface area contributed by atoms with Gasteiger partial charge in [-0.25, -0.2) is 9.67 Å². The number of rotatable bonds is 2. The lowest BCUT2D eigenvalue weighted by Gasteiger charge is -2.16. The number of fused-ring (bicyclic) bond motifs is 1. The highest BCUT2D eigenvalue weighted by molar-refractivity contribution is 8.00. The number of nitrogens with zero attached hydrogens (tertiary/aromatic N) is 3. The summed E-state index contributed by atoms with van der Waals surface area (Å²) in [4.78, 5) is 4.54. The molecule has 3 heterocycles. The highest BCUT2D eigenvalue weighted by Crippen LogP contribution is 2.28. The summed E-state index contributed by atoms with van der Waals surface area (Å²) in [6.45, 7) is 0.821. The van der Waals surface area contributed by atoms with Gasteiger partial charge >= 0.3 is 0 Å². The zero-order valence-electron chi connectivity index (χ0n) is 9.30. The number of hydrogen-bond acceptors (Lipinski definition) is 4. The highest BCUT2D eigenvalue weighted by Gasteiger charge is 2.22. The predicted octanol–water partition coefficient (Wildman–Crippen LogP) is 1.02. The summed E-state index contributed by atoms with van der Waals surface area (Å²) in [7, 11) is 0. The first-order valence-corrected chi connectivity index (χ1v) is 7.08. The van der Waals surface area contributed by atoms with Crippen molar-refractivity contribution in [2.24, 2.45) is 0 Å². The van der Waals surface area contributed by atoms with Crippen LogP contribution in [0.2, 0.25) is 0 Å². The quantitative estimate of drug-likeness (QED) is 0.837. The lowest BCUT2D eigenvalue weighted by molar-refractivity contribution is 0.138. The molecule has 0 aliphatic carbocycles. The van der Waals surface area contributed by atoms with E-state index in [1.54, 1.807) is 0 Å². The molecule has 1 aromatic heterocycles. The van der Waals surface area contributed by atoms with Crippen molar-refractivity contribution in [1.29, 1.82) is 0 Å². The predicted molar refractivity (Wildman–Crippen MR) is 63.5 cm³/mol. The van der Waals surface area contributed by atoms with Crippen LogP contribution < -0.4 is 0 Å². The maximum atomic E-state index is 9.56. The van der Waals surface area contributed by atoms with Crippen molar-refractivity contribution in [2.75, 3.05) is 5.75 Å². The van der Waals surface area contributed by atoms with Gasteiger partial charge in [0.25, 0.3) is 0 Å². The fourth-order valence-electron chi connectivity index (χ4n) is 2.44. The zero-order chi connectivity index (χ0) is 11.0. The number of thioether (sulfide) groups is 1. The molecule has 2 aliphatic rings. The molecule has 0 saturated carbocycles. The first kappa shape index (κ1) is 10.6. The number of aromatic nitrogens is 3. The molecule has 16 heavy (non-hydrogen) atoms. The Kier molecular flexibility index (Phi) is 2.90. The normalized spacial score (nSPS) is 29.3. The number of aryl methyl sites for hydroxylation is 1. The van der Waals surface area contributed by atoms with Gasteiger partial charge in [-0.15, -0.1) is 0 Å². The SMILES string of the molecule is OC1CCn2nc(CC3CCCS3)nc2C1. The molecular weight excluding hydrogens is 222 g/mol. The van der Waals surface area contributed by atoms with E-state index in [-0.39, 0.29) is 6.10 Å². The molecule has 1 saturated heterocycles. The van der Waals surface area contributed by atoms with Crippen LogP contribution in [0.1, 0.15) is 30.9 Å². The first-order valence-electron chi connectivity index (χ1n) is 6.03. The molecule has 0 aromatic carbocycles. The molecule has 0 bridgehead atoms. The molecule has 4 nitrogen and oxygen atoms in total. The Bertz CT molecular complexity index is 373. The summed E-state index contributed by atoms with van der Waals surface area (Å²) in [6.07, 6.45) is 4.91. The van der Waals surface area contributed by atoms with Crippen molar-refractivity contribution < 1.29 is 5.11 Å². The average molecular weight is 239 g/mol. The minimum atomic E-state index is -0.217. The van der Waals surface area contributed by atoms with Crippen LogP contribution >= 0.6 is 11.8 Å². The fourth-order valence-corrected chi connectivity index (χ4v) is 3.70. The van der Waals surface area contributed by atoms with Gasteiger partial charge in [0.2, 0.25) is 0 Å². The van der Waals surface area contributed by atoms with Gasteiger partial charge < -0.3 is 5.11 Å². The molecule has 2 aliphatic heterocycles. The third-order valence-electron chi connectivity index (χ3n) is 3.32. The highest BCUT2D eigenvalue weighted by atomic mass is 32.2. The molecule has 1 fully saturated rings. The number of aliphatic hydroxyl groups is 1. The molecule has 88 valence electrons. The van der Waals surface area contributed by atoms with E-state index in [0.29, 0.717) is 6.42 Å². The molecule has 5 heteroatoms. The lowest BCUT2D eigenvalue weighted by atomic mass is 10.1. The van der Waals surface area contributed by atoms with Crippen LogP contribution in [-0.4, -0.2) is 37.0 Å². The van der Waals surface area contributed by atoms with E-state index in [1.165, 1.54) is 18.6 Å². The summed E-state index contributed by atoms with van der Waals surface area (Å²) >= 11 is 2.05. The molecule has 0 spiro atoms. The van der Waals surface area contributed by atoms with E-state index in [1.807, 2.05) is 16.4 Å². The van der Waals surface area contributed by atoms with Gasteiger partial charge in [0.05, 0.1) is 6.10 Å². The van der Waals surface area contributed by atoms with Crippen molar-refractivity contribution in [3.8, 4) is 0 Å². The molecule has 2 atom stereocenters. The van der Waals surface area contributed by atoms with Gasteiger partial charge in [-0.3, -0.25) is 0 Å². The van der Waals surface area contributed by atoms with Crippen molar-refractivity contribution >= 4 is 11.8 Å². The smallest absolute Gasteiger partial charge is 0.152 e.